The zero-order valence-corrected chi connectivity index (χ0v) is 12.6. The van der Waals surface area contributed by atoms with Gasteiger partial charge in [-0.3, -0.25) is 10.1 Å². The van der Waals surface area contributed by atoms with Crippen LogP contribution in [-0.2, 0) is 0 Å². The molecule has 20 heavy (non-hydrogen) atoms. The molecule has 0 atom stereocenters. The first-order valence-electron chi connectivity index (χ1n) is 5.42. The zero-order chi connectivity index (χ0) is 14.7. The average Bonchev–Trinajstić information content (AvgIpc) is 2.89. The Morgan fingerprint density at radius 2 is 2.30 bits per heavy atom. The molecule has 0 saturated heterocycles. The first kappa shape index (κ1) is 14.6. The average molecular weight is 358 g/mol. The van der Waals surface area contributed by atoms with Gasteiger partial charge >= 0.3 is 0 Å². The van der Waals surface area contributed by atoms with Crippen LogP contribution in [0.25, 0.3) is 0 Å². The van der Waals surface area contributed by atoms with Crippen molar-refractivity contribution in [1.82, 2.24) is 4.98 Å². The molecule has 8 heteroatoms. The summed E-state index contributed by atoms with van der Waals surface area (Å²) in [6.07, 6.45) is 0. The third kappa shape index (κ3) is 3.20. The molecule has 0 saturated carbocycles. The number of thiazole rings is 1. The summed E-state index contributed by atoms with van der Waals surface area (Å²) < 4.78 is 13.6. The Labute approximate surface area is 126 Å². The second-order valence-corrected chi connectivity index (χ2v) is 5.51. The minimum atomic E-state index is -0.499. The number of nitrogens with zero attached hydrogens (tertiary/aromatic N) is 2. The molecule has 1 heterocycles. The van der Waals surface area contributed by atoms with Crippen LogP contribution in [0.2, 0.25) is 0 Å². The van der Waals surface area contributed by atoms with Crippen molar-refractivity contribution in [2.75, 3.05) is 5.32 Å². The standard InChI is InChI=1S/C12H9BrFN3O2S/c1-6(17-19)10-5-20-12(15-10)16-11(18)8-4-7(14)2-3-9(8)13/h2-5,19H,1H3,(H,15,16,18). The zero-order valence-electron chi connectivity index (χ0n) is 10.2. The lowest BCUT2D eigenvalue weighted by Gasteiger charge is -2.04. The summed E-state index contributed by atoms with van der Waals surface area (Å²) in [5, 5.41) is 16.2. The minimum Gasteiger partial charge on any atom is -0.411 e. The summed E-state index contributed by atoms with van der Waals surface area (Å²) in [7, 11) is 0. The number of benzene rings is 1. The normalized spacial score (nSPS) is 11.4. The lowest BCUT2D eigenvalue weighted by Crippen LogP contribution is -2.13. The van der Waals surface area contributed by atoms with E-state index in [1.54, 1.807) is 12.3 Å². The van der Waals surface area contributed by atoms with Gasteiger partial charge in [0.05, 0.1) is 5.56 Å². The van der Waals surface area contributed by atoms with Gasteiger partial charge in [0.15, 0.2) is 5.13 Å². The van der Waals surface area contributed by atoms with Crippen molar-refractivity contribution in [3.05, 3.63) is 45.1 Å². The SMILES string of the molecule is CC(=NO)c1csc(NC(=O)c2cc(F)ccc2Br)n1. The third-order valence-electron chi connectivity index (χ3n) is 2.42. The van der Waals surface area contributed by atoms with E-state index >= 15 is 0 Å². The molecule has 104 valence electrons. The number of carbonyl (C=O) groups is 1. The molecular weight excluding hydrogens is 349 g/mol. The highest BCUT2D eigenvalue weighted by Crippen LogP contribution is 2.21. The van der Waals surface area contributed by atoms with Gasteiger partial charge in [-0.1, -0.05) is 5.16 Å². The first-order valence-corrected chi connectivity index (χ1v) is 7.09. The molecule has 0 aliphatic heterocycles. The summed E-state index contributed by atoms with van der Waals surface area (Å²) in [6.45, 7) is 1.59. The van der Waals surface area contributed by atoms with Gasteiger partial charge in [-0.15, -0.1) is 11.3 Å². The second kappa shape index (κ2) is 6.10. The lowest BCUT2D eigenvalue weighted by atomic mass is 10.2. The Balaban J connectivity index is 2.19. The second-order valence-electron chi connectivity index (χ2n) is 3.80. The van der Waals surface area contributed by atoms with E-state index in [1.807, 2.05) is 0 Å². The van der Waals surface area contributed by atoms with Gasteiger partial charge in [-0.05, 0) is 41.1 Å². The monoisotopic (exact) mass is 357 g/mol. The van der Waals surface area contributed by atoms with Crippen LogP contribution in [0.5, 0.6) is 0 Å². The molecular formula is C12H9BrFN3O2S. The Morgan fingerprint density at radius 1 is 1.55 bits per heavy atom. The van der Waals surface area contributed by atoms with Gasteiger partial charge in [0.2, 0.25) is 0 Å². The number of nitrogens with one attached hydrogen (secondary N) is 1. The summed E-state index contributed by atoms with van der Waals surface area (Å²) >= 11 is 4.37. The van der Waals surface area contributed by atoms with E-state index in [1.165, 1.54) is 23.5 Å². The highest BCUT2D eigenvalue weighted by Gasteiger charge is 2.14. The van der Waals surface area contributed by atoms with Gasteiger partial charge in [0.25, 0.3) is 5.91 Å². The number of oxime groups is 1. The minimum absolute atomic E-state index is 0.175. The van der Waals surface area contributed by atoms with Crippen molar-refractivity contribution in [3.8, 4) is 0 Å². The maximum Gasteiger partial charge on any atom is 0.258 e. The van der Waals surface area contributed by atoms with Crippen molar-refractivity contribution in [1.29, 1.82) is 0 Å². The van der Waals surface area contributed by atoms with Gasteiger partial charge in [0.1, 0.15) is 17.2 Å². The van der Waals surface area contributed by atoms with Crippen molar-refractivity contribution in [2.45, 2.75) is 6.92 Å². The van der Waals surface area contributed by atoms with E-state index in [0.29, 0.717) is 21.0 Å². The molecule has 1 amide bonds. The first-order chi connectivity index (χ1) is 9.51. The maximum atomic E-state index is 13.1. The molecule has 1 aromatic heterocycles. The fourth-order valence-electron chi connectivity index (χ4n) is 1.38. The Morgan fingerprint density at radius 3 is 3.00 bits per heavy atom. The largest absolute Gasteiger partial charge is 0.411 e. The quantitative estimate of drug-likeness (QED) is 0.501. The van der Waals surface area contributed by atoms with Crippen LogP contribution in [0, 0.1) is 5.82 Å². The van der Waals surface area contributed by atoms with Crippen LogP contribution in [0.1, 0.15) is 23.0 Å². The smallest absolute Gasteiger partial charge is 0.258 e. The third-order valence-corrected chi connectivity index (χ3v) is 3.87. The van der Waals surface area contributed by atoms with Crippen molar-refractivity contribution in [3.63, 3.8) is 0 Å². The summed E-state index contributed by atoms with van der Waals surface area (Å²) in [6, 6.07) is 3.85. The molecule has 0 bridgehead atoms. The van der Waals surface area contributed by atoms with E-state index in [2.05, 4.69) is 31.4 Å². The van der Waals surface area contributed by atoms with Crippen LogP contribution < -0.4 is 5.32 Å². The van der Waals surface area contributed by atoms with E-state index in [9.17, 15) is 9.18 Å². The molecule has 0 aliphatic rings. The van der Waals surface area contributed by atoms with Crippen molar-refractivity contribution >= 4 is 44.0 Å². The van der Waals surface area contributed by atoms with E-state index in [4.69, 9.17) is 5.21 Å². The summed E-state index contributed by atoms with van der Waals surface area (Å²) in [4.78, 5) is 16.1. The lowest BCUT2D eigenvalue weighted by molar-refractivity contribution is 0.102. The topological polar surface area (TPSA) is 74.6 Å². The number of halogens is 2. The molecule has 0 aliphatic carbocycles. The number of rotatable bonds is 3. The maximum absolute atomic E-state index is 13.1. The van der Waals surface area contributed by atoms with Crippen LogP contribution in [-0.4, -0.2) is 21.8 Å². The van der Waals surface area contributed by atoms with Gasteiger partial charge in [-0.2, -0.15) is 0 Å². The van der Waals surface area contributed by atoms with Crippen molar-refractivity contribution < 1.29 is 14.4 Å². The van der Waals surface area contributed by atoms with Crippen LogP contribution in [0.4, 0.5) is 9.52 Å². The molecule has 2 rings (SSSR count). The highest BCUT2D eigenvalue weighted by molar-refractivity contribution is 9.10. The molecule has 2 N–H and O–H groups in total. The predicted molar refractivity (Wildman–Crippen MR) is 78.2 cm³/mol. The molecule has 5 nitrogen and oxygen atoms in total. The number of hydrogen-bond donors (Lipinski definition) is 2. The Kier molecular flexibility index (Phi) is 4.46. The molecule has 0 fully saturated rings. The molecule has 0 radical (unpaired) electrons. The van der Waals surface area contributed by atoms with Crippen molar-refractivity contribution in [2.24, 2.45) is 5.16 Å². The van der Waals surface area contributed by atoms with E-state index in [-0.39, 0.29) is 5.56 Å². The van der Waals surface area contributed by atoms with E-state index in [0.717, 1.165) is 6.07 Å². The number of anilines is 1. The predicted octanol–water partition coefficient (Wildman–Crippen LogP) is 3.50. The fraction of sp³-hybridized carbons (Fsp3) is 0.0833. The number of aromatic nitrogens is 1. The Bertz CT molecular complexity index is 687. The number of carbonyl (C=O) groups excluding carboxylic acids is 1. The van der Waals surface area contributed by atoms with Crippen LogP contribution in [0.3, 0.4) is 0 Å². The van der Waals surface area contributed by atoms with Gasteiger partial charge in [-0.25, -0.2) is 9.37 Å². The molecule has 1 aromatic carbocycles. The van der Waals surface area contributed by atoms with Gasteiger partial charge < -0.3 is 5.21 Å². The van der Waals surface area contributed by atoms with Crippen LogP contribution in [0.15, 0.2) is 33.2 Å². The Hall–Kier alpha value is -1.80. The number of amides is 1. The number of hydrogen-bond acceptors (Lipinski definition) is 5. The molecule has 0 unspecified atom stereocenters. The van der Waals surface area contributed by atoms with Gasteiger partial charge in [0, 0.05) is 9.85 Å². The highest BCUT2D eigenvalue weighted by atomic mass is 79.9. The fourth-order valence-corrected chi connectivity index (χ4v) is 2.56. The summed E-state index contributed by atoms with van der Waals surface area (Å²) in [5.74, 6) is -0.975. The molecule has 2 aromatic rings. The van der Waals surface area contributed by atoms with Crippen LogP contribution >= 0.6 is 27.3 Å². The summed E-state index contributed by atoms with van der Waals surface area (Å²) in [5.41, 5.74) is 0.981. The molecule has 0 spiro atoms. The van der Waals surface area contributed by atoms with E-state index < -0.39 is 11.7 Å².